The highest BCUT2D eigenvalue weighted by atomic mass is 32.2. The second kappa shape index (κ2) is 9.28. The third-order valence-electron chi connectivity index (χ3n) is 3.93. The van der Waals surface area contributed by atoms with E-state index >= 15 is 0 Å². The van der Waals surface area contributed by atoms with Gasteiger partial charge in [0.05, 0.1) is 10.5 Å². The second-order valence-corrected chi connectivity index (χ2v) is 7.97. The number of carbonyl (C=O) groups is 1. The maximum Gasteiger partial charge on any atom is 0.251 e. The Labute approximate surface area is 150 Å². The number of nitrogens with one attached hydrogen (secondary N) is 1. The molecule has 8 heteroatoms. The molecule has 0 aliphatic rings. The normalized spacial score (nSPS) is 14.3. The molecule has 1 aromatic rings. The lowest BCUT2D eigenvalue weighted by Gasteiger charge is -2.23. The summed E-state index contributed by atoms with van der Waals surface area (Å²) in [6.45, 7) is 6.41. The Morgan fingerprint density at radius 1 is 1.24 bits per heavy atom. The van der Waals surface area contributed by atoms with Crippen molar-refractivity contribution < 1.29 is 23.1 Å². The van der Waals surface area contributed by atoms with Crippen LogP contribution in [0, 0.1) is 0 Å². The Morgan fingerprint density at radius 3 is 2.28 bits per heavy atom. The molecule has 0 aliphatic heterocycles. The SMILES string of the molecule is CCN(CC)S(=O)(=O)c1ccc(C(=O)NCC(C)(O)CCOC)cc1. The highest BCUT2D eigenvalue weighted by Crippen LogP contribution is 2.16. The predicted molar refractivity (Wildman–Crippen MR) is 96.0 cm³/mol. The van der Waals surface area contributed by atoms with Crippen LogP contribution < -0.4 is 5.32 Å². The molecule has 2 N–H and O–H groups in total. The number of ether oxygens (including phenoxy) is 1. The lowest BCUT2D eigenvalue weighted by Crippen LogP contribution is -2.41. The van der Waals surface area contributed by atoms with Crippen molar-refractivity contribution in [3.05, 3.63) is 29.8 Å². The van der Waals surface area contributed by atoms with E-state index < -0.39 is 15.6 Å². The molecular formula is C17H28N2O5S. The molecule has 1 rings (SSSR count). The molecule has 142 valence electrons. The molecule has 25 heavy (non-hydrogen) atoms. The van der Waals surface area contributed by atoms with Gasteiger partial charge >= 0.3 is 0 Å². The van der Waals surface area contributed by atoms with Crippen molar-refractivity contribution in [2.24, 2.45) is 0 Å². The Balaban J connectivity index is 2.78. The van der Waals surface area contributed by atoms with E-state index in [0.717, 1.165) is 0 Å². The minimum atomic E-state index is -3.54. The quantitative estimate of drug-likeness (QED) is 0.644. The van der Waals surface area contributed by atoms with Gasteiger partial charge in [0.1, 0.15) is 0 Å². The van der Waals surface area contributed by atoms with Crippen molar-refractivity contribution >= 4 is 15.9 Å². The van der Waals surface area contributed by atoms with Gasteiger partial charge in [-0.25, -0.2) is 8.42 Å². The van der Waals surface area contributed by atoms with Crippen molar-refractivity contribution in [2.75, 3.05) is 33.4 Å². The Bertz CT molecular complexity index is 652. The molecule has 1 atom stereocenters. The van der Waals surface area contributed by atoms with Crippen molar-refractivity contribution in [3.8, 4) is 0 Å². The van der Waals surface area contributed by atoms with Crippen LogP contribution >= 0.6 is 0 Å². The van der Waals surface area contributed by atoms with Crippen LogP contribution in [0.4, 0.5) is 0 Å². The van der Waals surface area contributed by atoms with Gasteiger partial charge < -0.3 is 15.2 Å². The number of sulfonamides is 1. The van der Waals surface area contributed by atoms with Gasteiger partial charge in [-0.2, -0.15) is 4.31 Å². The zero-order valence-corrected chi connectivity index (χ0v) is 16.1. The maximum atomic E-state index is 12.4. The highest BCUT2D eigenvalue weighted by Gasteiger charge is 2.23. The maximum absolute atomic E-state index is 12.4. The smallest absolute Gasteiger partial charge is 0.251 e. The number of hydrogen-bond acceptors (Lipinski definition) is 5. The first-order valence-corrected chi connectivity index (χ1v) is 9.71. The van der Waals surface area contributed by atoms with Gasteiger partial charge in [0, 0.05) is 45.3 Å². The molecule has 0 spiro atoms. The molecule has 0 saturated heterocycles. The number of hydrogen-bond donors (Lipinski definition) is 2. The van der Waals surface area contributed by atoms with Crippen LogP contribution in [0.1, 0.15) is 37.6 Å². The van der Waals surface area contributed by atoms with Gasteiger partial charge in [-0.15, -0.1) is 0 Å². The van der Waals surface area contributed by atoms with Gasteiger partial charge in [-0.3, -0.25) is 4.79 Å². The minimum Gasteiger partial charge on any atom is -0.388 e. The molecule has 0 aromatic heterocycles. The Kier molecular flexibility index (Phi) is 8.01. The summed E-state index contributed by atoms with van der Waals surface area (Å²) in [5.41, 5.74) is -0.737. The Hall–Kier alpha value is -1.48. The summed E-state index contributed by atoms with van der Waals surface area (Å²) in [5, 5.41) is 12.8. The van der Waals surface area contributed by atoms with Crippen LogP contribution in [0.3, 0.4) is 0 Å². The summed E-state index contributed by atoms with van der Waals surface area (Å²) in [6.07, 6.45) is 0.394. The van der Waals surface area contributed by atoms with E-state index in [4.69, 9.17) is 4.74 Å². The summed E-state index contributed by atoms with van der Waals surface area (Å²) >= 11 is 0. The van der Waals surface area contributed by atoms with Gasteiger partial charge in [0.25, 0.3) is 5.91 Å². The first kappa shape index (κ1) is 21.6. The number of amides is 1. The van der Waals surface area contributed by atoms with Crippen LogP contribution in [0.5, 0.6) is 0 Å². The van der Waals surface area contributed by atoms with Gasteiger partial charge in [0.15, 0.2) is 0 Å². The molecule has 1 aromatic carbocycles. The fraction of sp³-hybridized carbons (Fsp3) is 0.588. The summed E-state index contributed by atoms with van der Waals surface area (Å²) < 4.78 is 31.1. The first-order chi connectivity index (χ1) is 11.7. The molecule has 0 aliphatic carbocycles. The second-order valence-electron chi connectivity index (χ2n) is 6.04. The minimum absolute atomic E-state index is 0.0781. The molecule has 0 bridgehead atoms. The highest BCUT2D eigenvalue weighted by molar-refractivity contribution is 7.89. The largest absolute Gasteiger partial charge is 0.388 e. The van der Waals surface area contributed by atoms with E-state index in [1.54, 1.807) is 27.9 Å². The van der Waals surface area contributed by atoms with Crippen molar-refractivity contribution in [2.45, 2.75) is 37.7 Å². The number of methoxy groups -OCH3 is 1. The lowest BCUT2D eigenvalue weighted by atomic mass is 10.0. The van der Waals surface area contributed by atoms with Crippen molar-refractivity contribution in [3.63, 3.8) is 0 Å². The van der Waals surface area contributed by atoms with Crippen LogP contribution in [0.2, 0.25) is 0 Å². The van der Waals surface area contributed by atoms with E-state index in [2.05, 4.69) is 5.32 Å². The number of carbonyl (C=O) groups excluding carboxylic acids is 1. The predicted octanol–water partition coefficient (Wildman–Crippen LogP) is 1.23. The average Bonchev–Trinajstić information content (AvgIpc) is 2.59. The zero-order valence-electron chi connectivity index (χ0n) is 15.3. The standard InChI is InChI=1S/C17H28N2O5S/c1-5-19(6-2)25(22,23)15-9-7-14(8-10-15)16(20)18-13-17(3,21)11-12-24-4/h7-10,21H,5-6,11-13H2,1-4H3,(H,18,20). The number of rotatable bonds is 10. The first-order valence-electron chi connectivity index (χ1n) is 8.27. The molecule has 0 radical (unpaired) electrons. The number of benzene rings is 1. The zero-order chi connectivity index (χ0) is 19.1. The number of aliphatic hydroxyl groups is 1. The monoisotopic (exact) mass is 372 g/mol. The van der Waals surface area contributed by atoms with E-state index in [9.17, 15) is 18.3 Å². The molecule has 0 heterocycles. The van der Waals surface area contributed by atoms with Crippen LogP contribution in [-0.4, -0.2) is 62.7 Å². The molecule has 0 saturated carbocycles. The van der Waals surface area contributed by atoms with Crippen LogP contribution in [-0.2, 0) is 14.8 Å². The van der Waals surface area contributed by atoms with Crippen LogP contribution in [0.15, 0.2) is 29.2 Å². The summed E-state index contributed by atoms with van der Waals surface area (Å²) in [6, 6.07) is 5.78. The number of nitrogens with zero attached hydrogens (tertiary/aromatic N) is 1. The third-order valence-corrected chi connectivity index (χ3v) is 6.00. The average molecular weight is 372 g/mol. The molecule has 0 fully saturated rings. The van der Waals surface area contributed by atoms with E-state index in [1.165, 1.54) is 28.6 Å². The Morgan fingerprint density at radius 2 is 1.80 bits per heavy atom. The molecule has 1 amide bonds. The van der Waals surface area contributed by atoms with Gasteiger partial charge in [-0.1, -0.05) is 13.8 Å². The van der Waals surface area contributed by atoms with Crippen LogP contribution in [0.25, 0.3) is 0 Å². The van der Waals surface area contributed by atoms with Gasteiger partial charge in [-0.05, 0) is 31.2 Å². The molecule has 1 unspecified atom stereocenters. The summed E-state index contributed by atoms with van der Waals surface area (Å²) in [5.74, 6) is -0.371. The molecular weight excluding hydrogens is 344 g/mol. The third kappa shape index (κ3) is 6.07. The summed E-state index contributed by atoms with van der Waals surface area (Å²) in [7, 11) is -2.00. The van der Waals surface area contributed by atoms with Crippen molar-refractivity contribution in [1.29, 1.82) is 0 Å². The topological polar surface area (TPSA) is 95.9 Å². The van der Waals surface area contributed by atoms with E-state index in [1.807, 2.05) is 0 Å². The van der Waals surface area contributed by atoms with E-state index in [-0.39, 0.29) is 17.3 Å². The lowest BCUT2D eigenvalue weighted by molar-refractivity contribution is 0.0243. The van der Waals surface area contributed by atoms with E-state index in [0.29, 0.717) is 31.7 Å². The van der Waals surface area contributed by atoms with Crippen molar-refractivity contribution in [1.82, 2.24) is 9.62 Å². The molecule has 7 nitrogen and oxygen atoms in total. The summed E-state index contributed by atoms with van der Waals surface area (Å²) in [4.78, 5) is 12.3. The van der Waals surface area contributed by atoms with Gasteiger partial charge in [0.2, 0.25) is 10.0 Å². The fourth-order valence-corrected chi connectivity index (χ4v) is 3.73. The fourth-order valence-electron chi connectivity index (χ4n) is 2.27.